The van der Waals surface area contributed by atoms with Gasteiger partial charge in [0.05, 0.1) is 10.6 Å². The van der Waals surface area contributed by atoms with Crippen molar-refractivity contribution in [1.82, 2.24) is 4.68 Å². The van der Waals surface area contributed by atoms with Gasteiger partial charge < -0.3 is 0 Å². The average molecular weight is 387 g/mol. The minimum Gasteiger partial charge on any atom is -0.258 e. The summed E-state index contributed by atoms with van der Waals surface area (Å²) in [5, 5.41) is 18.1. The molecule has 144 valence electrons. The standard InChI is InChI=1S/C20H26N4O2S/c1-5-21-19-23(22-16-9-14(2)11-20(3,4)12-16)18(13-27-19)15-7-6-8-17(10-15)24(25)26/h6-8,10,13-14H,5,9,11-12H2,1-4H3/b21-19?,22-16-/t14-/m0/s1. The highest BCUT2D eigenvalue weighted by atomic mass is 32.1. The fraction of sp³-hybridized carbons (Fsp3) is 0.500. The van der Waals surface area contributed by atoms with Gasteiger partial charge in [0.25, 0.3) is 5.69 Å². The van der Waals surface area contributed by atoms with Crippen molar-refractivity contribution in [3.63, 3.8) is 0 Å². The van der Waals surface area contributed by atoms with Gasteiger partial charge in [-0.1, -0.05) is 32.9 Å². The summed E-state index contributed by atoms with van der Waals surface area (Å²) in [5.41, 5.74) is 3.12. The van der Waals surface area contributed by atoms with Gasteiger partial charge in [0.1, 0.15) is 0 Å². The second-order valence-electron chi connectivity index (χ2n) is 8.02. The molecule has 0 amide bonds. The molecule has 2 aromatic rings. The van der Waals surface area contributed by atoms with E-state index in [4.69, 9.17) is 5.10 Å². The van der Waals surface area contributed by atoms with E-state index in [1.165, 1.54) is 29.5 Å². The molecule has 7 heteroatoms. The first-order valence-electron chi connectivity index (χ1n) is 9.31. The number of nitrogens with zero attached hydrogens (tertiary/aromatic N) is 4. The maximum Gasteiger partial charge on any atom is 0.270 e. The molecular formula is C20H26N4O2S. The van der Waals surface area contributed by atoms with Crippen LogP contribution in [0.1, 0.15) is 47.0 Å². The molecule has 0 saturated heterocycles. The molecule has 1 saturated carbocycles. The zero-order valence-corrected chi connectivity index (χ0v) is 17.1. The molecule has 0 N–H and O–H groups in total. The van der Waals surface area contributed by atoms with Crippen molar-refractivity contribution < 1.29 is 4.92 Å². The molecular weight excluding hydrogens is 360 g/mol. The highest BCUT2D eigenvalue weighted by molar-refractivity contribution is 7.07. The van der Waals surface area contributed by atoms with E-state index in [1.807, 2.05) is 23.0 Å². The SMILES string of the molecule is CCN=c1scc(-c2cccc([N+](=O)[O-])c2)n1/N=C1/C[C@H](C)CC(C)(C)C1. The van der Waals surface area contributed by atoms with E-state index in [0.717, 1.165) is 28.9 Å². The summed E-state index contributed by atoms with van der Waals surface area (Å²) in [7, 11) is 0. The van der Waals surface area contributed by atoms with Gasteiger partial charge in [-0.05, 0) is 37.5 Å². The van der Waals surface area contributed by atoms with Crippen LogP contribution in [0.5, 0.6) is 0 Å². The van der Waals surface area contributed by atoms with Crippen LogP contribution < -0.4 is 4.80 Å². The molecule has 0 spiro atoms. The van der Waals surface area contributed by atoms with E-state index >= 15 is 0 Å². The monoisotopic (exact) mass is 386 g/mol. The molecule has 0 radical (unpaired) electrons. The lowest BCUT2D eigenvalue weighted by atomic mass is 9.72. The zero-order valence-electron chi connectivity index (χ0n) is 16.3. The van der Waals surface area contributed by atoms with E-state index in [2.05, 4.69) is 25.8 Å². The molecule has 1 aromatic carbocycles. The molecule has 1 aliphatic carbocycles. The maximum absolute atomic E-state index is 11.2. The Labute approximate surface area is 163 Å². The number of nitro benzene ring substituents is 1. The Hall–Kier alpha value is -2.28. The summed E-state index contributed by atoms with van der Waals surface area (Å²) in [5.74, 6) is 0.597. The summed E-state index contributed by atoms with van der Waals surface area (Å²) in [4.78, 5) is 16.2. The summed E-state index contributed by atoms with van der Waals surface area (Å²) in [6.07, 6.45) is 3.14. The number of thiazole rings is 1. The van der Waals surface area contributed by atoms with E-state index in [9.17, 15) is 10.1 Å². The zero-order chi connectivity index (χ0) is 19.6. The van der Waals surface area contributed by atoms with Gasteiger partial charge in [-0.3, -0.25) is 15.1 Å². The van der Waals surface area contributed by atoms with Crippen molar-refractivity contribution in [1.29, 1.82) is 0 Å². The van der Waals surface area contributed by atoms with Crippen molar-refractivity contribution in [3.05, 3.63) is 44.6 Å². The Kier molecular flexibility index (Phi) is 5.60. The van der Waals surface area contributed by atoms with Gasteiger partial charge in [-0.25, -0.2) is 4.68 Å². The number of benzene rings is 1. The second kappa shape index (κ2) is 7.76. The van der Waals surface area contributed by atoms with Crippen molar-refractivity contribution in [3.8, 4) is 11.3 Å². The molecule has 1 heterocycles. The molecule has 1 aromatic heterocycles. The lowest BCUT2D eigenvalue weighted by molar-refractivity contribution is -0.384. The van der Waals surface area contributed by atoms with Gasteiger partial charge >= 0.3 is 0 Å². The molecule has 0 bridgehead atoms. The quantitative estimate of drug-likeness (QED) is 0.542. The van der Waals surface area contributed by atoms with Crippen LogP contribution in [0.25, 0.3) is 11.3 Å². The Balaban J connectivity index is 2.11. The molecule has 27 heavy (non-hydrogen) atoms. The predicted octanol–water partition coefficient (Wildman–Crippen LogP) is 5.10. The van der Waals surface area contributed by atoms with E-state index < -0.39 is 0 Å². The number of rotatable bonds is 4. The van der Waals surface area contributed by atoms with E-state index in [1.54, 1.807) is 12.1 Å². The molecule has 1 fully saturated rings. The van der Waals surface area contributed by atoms with Crippen molar-refractivity contribution >= 4 is 22.7 Å². The number of hydrogen-bond donors (Lipinski definition) is 0. The van der Waals surface area contributed by atoms with Crippen molar-refractivity contribution in [2.24, 2.45) is 21.4 Å². The van der Waals surface area contributed by atoms with Crippen LogP contribution in [0.3, 0.4) is 0 Å². The molecule has 3 rings (SSSR count). The fourth-order valence-corrected chi connectivity index (χ4v) is 4.84. The molecule has 0 aliphatic heterocycles. The van der Waals surface area contributed by atoms with Crippen LogP contribution in [0.15, 0.2) is 39.7 Å². The lowest BCUT2D eigenvalue weighted by Crippen LogP contribution is -2.29. The predicted molar refractivity (Wildman–Crippen MR) is 110 cm³/mol. The lowest BCUT2D eigenvalue weighted by Gasteiger charge is -2.34. The highest BCUT2D eigenvalue weighted by Gasteiger charge is 2.30. The number of hydrogen-bond acceptors (Lipinski definition) is 5. The molecule has 1 atom stereocenters. The van der Waals surface area contributed by atoms with Gasteiger partial charge in [-0.2, -0.15) is 5.10 Å². The van der Waals surface area contributed by atoms with Crippen LogP contribution >= 0.6 is 11.3 Å². The Morgan fingerprint density at radius 1 is 1.41 bits per heavy atom. The summed E-state index contributed by atoms with van der Waals surface area (Å²) in [6, 6.07) is 6.70. The summed E-state index contributed by atoms with van der Waals surface area (Å²) < 4.78 is 1.87. The molecule has 0 unspecified atom stereocenters. The fourth-order valence-electron chi connectivity index (χ4n) is 3.95. The van der Waals surface area contributed by atoms with E-state index in [-0.39, 0.29) is 16.0 Å². The number of nitro groups is 1. The molecule has 6 nitrogen and oxygen atoms in total. The topological polar surface area (TPSA) is 72.8 Å². The van der Waals surface area contributed by atoms with Gasteiger partial charge in [0, 0.05) is 35.3 Å². The third kappa shape index (κ3) is 4.53. The van der Waals surface area contributed by atoms with Crippen LogP contribution in [0.4, 0.5) is 5.69 Å². The molecule has 1 aliphatic rings. The second-order valence-corrected chi connectivity index (χ2v) is 8.85. The van der Waals surface area contributed by atoms with Crippen LogP contribution in [-0.4, -0.2) is 21.9 Å². The largest absolute Gasteiger partial charge is 0.270 e. The Bertz CT molecular complexity index is 939. The van der Waals surface area contributed by atoms with Crippen molar-refractivity contribution in [2.45, 2.75) is 47.0 Å². The Morgan fingerprint density at radius 3 is 2.85 bits per heavy atom. The third-order valence-electron chi connectivity index (χ3n) is 4.74. The first-order chi connectivity index (χ1) is 12.8. The minimum atomic E-state index is -0.366. The first-order valence-corrected chi connectivity index (χ1v) is 10.2. The highest BCUT2D eigenvalue weighted by Crippen LogP contribution is 2.37. The first kappa shape index (κ1) is 19.5. The normalized spacial score (nSPS) is 21.6. The van der Waals surface area contributed by atoms with Crippen LogP contribution in [-0.2, 0) is 0 Å². The average Bonchev–Trinajstić information content (AvgIpc) is 2.96. The smallest absolute Gasteiger partial charge is 0.258 e. The Morgan fingerprint density at radius 2 is 2.19 bits per heavy atom. The van der Waals surface area contributed by atoms with Gasteiger partial charge in [0.15, 0.2) is 0 Å². The van der Waals surface area contributed by atoms with Crippen LogP contribution in [0, 0.1) is 21.4 Å². The number of non-ortho nitro benzene ring substituents is 1. The summed E-state index contributed by atoms with van der Waals surface area (Å²) >= 11 is 1.52. The number of aromatic nitrogens is 1. The minimum absolute atomic E-state index is 0.0827. The van der Waals surface area contributed by atoms with Crippen LogP contribution in [0.2, 0.25) is 0 Å². The van der Waals surface area contributed by atoms with Gasteiger partial charge in [-0.15, -0.1) is 11.3 Å². The van der Waals surface area contributed by atoms with Crippen molar-refractivity contribution in [2.75, 3.05) is 6.54 Å². The van der Waals surface area contributed by atoms with E-state index in [0.29, 0.717) is 12.5 Å². The maximum atomic E-state index is 11.2. The third-order valence-corrected chi connectivity index (χ3v) is 5.59. The summed E-state index contributed by atoms with van der Waals surface area (Å²) in [6.45, 7) is 9.51. The van der Waals surface area contributed by atoms with Gasteiger partial charge in [0.2, 0.25) is 4.80 Å².